The second kappa shape index (κ2) is 6.01. The van der Waals surface area contributed by atoms with Crippen molar-refractivity contribution in [3.05, 3.63) is 34.3 Å². The Kier molecular flexibility index (Phi) is 4.63. The van der Waals surface area contributed by atoms with Gasteiger partial charge in [0.25, 0.3) is 0 Å². The van der Waals surface area contributed by atoms with Crippen LogP contribution in [0.1, 0.15) is 44.1 Å². The molecule has 0 unspecified atom stereocenters. The summed E-state index contributed by atoms with van der Waals surface area (Å²) in [6.07, 6.45) is 8.19. The number of nitrogens with one attached hydrogen (secondary N) is 1. The lowest BCUT2D eigenvalue weighted by Crippen LogP contribution is -2.36. The number of rotatable bonds is 3. The van der Waals surface area contributed by atoms with E-state index in [0.29, 0.717) is 5.41 Å². The van der Waals surface area contributed by atoms with Crippen LogP contribution in [0.4, 0.5) is 0 Å². The highest BCUT2D eigenvalue weighted by Crippen LogP contribution is 2.38. The summed E-state index contributed by atoms with van der Waals surface area (Å²) in [5.74, 6) is 0. The third-order valence-corrected chi connectivity index (χ3v) is 4.51. The maximum absolute atomic E-state index is 3.60. The Labute approximate surface area is 113 Å². The van der Waals surface area contributed by atoms with Crippen molar-refractivity contribution in [1.29, 1.82) is 0 Å². The van der Waals surface area contributed by atoms with Crippen molar-refractivity contribution in [2.45, 2.75) is 43.9 Å². The Bertz CT molecular complexity index is 354. The quantitative estimate of drug-likeness (QED) is 0.822. The fourth-order valence-electron chi connectivity index (χ4n) is 3.13. The Morgan fingerprint density at radius 3 is 2.47 bits per heavy atom. The zero-order chi connectivity index (χ0) is 12.1. The molecule has 1 nitrogen and oxygen atoms in total. The summed E-state index contributed by atoms with van der Waals surface area (Å²) in [6.45, 7) is 1.10. The lowest BCUT2D eigenvalue weighted by atomic mass is 9.74. The minimum absolute atomic E-state index is 0.356. The van der Waals surface area contributed by atoms with Crippen LogP contribution < -0.4 is 5.32 Å². The van der Waals surface area contributed by atoms with Crippen molar-refractivity contribution in [3.63, 3.8) is 0 Å². The molecular formula is C15H22BrN. The molecule has 1 saturated carbocycles. The largest absolute Gasteiger partial charge is 0.319 e. The van der Waals surface area contributed by atoms with E-state index in [0.717, 1.165) is 6.54 Å². The van der Waals surface area contributed by atoms with Gasteiger partial charge in [0.15, 0.2) is 0 Å². The Morgan fingerprint density at radius 1 is 1.18 bits per heavy atom. The molecule has 0 aliphatic heterocycles. The van der Waals surface area contributed by atoms with Gasteiger partial charge in [0.05, 0.1) is 0 Å². The SMILES string of the molecule is CNCC1(c2cccc(Br)c2)CCCCCC1. The van der Waals surface area contributed by atoms with Gasteiger partial charge in [-0.05, 0) is 37.6 Å². The number of likely N-dealkylation sites (N-methyl/N-ethyl adjacent to an activating group) is 1. The highest BCUT2D eigenvalue weighted by Gasteiger charge is 2.32. The van der Waals surface area contributed by atoms with E-state index < -0.39 is 0 Å². The minimum atomic E-state index is 0.356. The number of halogens is 1. The average Bonchev–Trinajstić information content (AvgIpc) is 2.56. The summed E-state index contributed by atoms with van der Waals surface area (Å²) < 4.78 is 1.20. The third-order valence-electron chi connectivity index (χ3n) is 4.01. The summed E-state index contributed by atoms with van der Waals surface area (Å²) in [5, 5.41) is 3.41. The van der Waals surface area contributed by atoms with E-state index in [4.69, 9.17) is 0 Å². The predicted molar refractivity (Wildman–Crippen MR) is 77.4 cm³/mol. The molecule has 1 aromatic rings. The van der Waals surface area contributed by atoms with E-state index in [1.807, 2.05) is 0 Å². The zero-order valence-corrected chi connectivity index (χ0v) is 12.2. The first-order valence-corrected chi connectivity index (χ1v) is 7.47. The molecule has 1 aromatic carbocycles. The molecule has 0 atom stereocenters. The molecule has 1 fully saturated rings. The topological polar surface area (TPSA) is 12.0 Å². The van der Waals surface area contributed by atoms with Crippen molar-refractivity contribution in [1.82, 2.24) is 5.32 Å². The van der Waals surface area contributed by atoms with Crippen LogP contribution in [0.15, 0.2) is 28.7 Å². The smallest absolute Gasteiger partial charge is 0.0178 e. The molecule has 2 heteroatoms. The fraction of sp³-hybridized carbons (Fsp3) is 0.600. The lowest BCUT2D eigenvalue weighted by Gasteiger charge is -2.33. The van der Waals surface area contributed by atoms with Gasteiger partial charge in [-0.1, -0.05) is 53.7 Å². The highest BCUT2D eigenvalue weighted by atomic mass is 79.9. The van der Waals surface area contributed by atoms with Crippen molar-refractivity contribution >= 4 is 15.9 Å². The van der Waals surface area contributed by atoms with Gasteiger partial charge in [-0.15, -0.1) is 0 Å². The monoisotopic (exact) mass is 295 g/mol. The molecule has 1 aliphatic carbocycles. The van der Waals surface area contributed by atoms with Crippen LogP contribution >= 0.6 is 15.9 Å². The fourth-order valence-corrected chi connectivity index (χ4v) is 3.53. The summed E-state index contributed by atoms with van der Waals surface area (Å²) in [4.78, 5) is 0. The van der Waals surface area contributed by atoms with Crippen LogP contribution in [0.25, 0.3) is 0 Å². The normalized spacial score (nSPS) is 19.9. The first kappa shape index (κ1) is 13.1. The molecule has 0 bridgehead atoms. The number of hydrogen-bond acceptors (Lipinski definition) is 1. The molecule has 1 N–H and O–H groups in total. The van der Waals surface area contributed by atoms with E-state index in [1.54, 1.807) is 0 Å². The van der Waals surface area contributed by atoms with E-state index in [-0.39, 0.29) is 0 Å². The summed E-state index contributed by atoms with van der Waals surface area (Å²) in [7, 11) is 2.07. The van der Waals surface area contributed by atoms with Crippen LogP contribution in [0, 0.1) is 0 Å². The lowest BCUT2D eigenvalue weighted by molar-refractivity contribution is 0.357. The molecule has 0 aromatic heterocycles. The molecule has 0 spiro atoms. The van der Waals surface area contributed by atoms with Crippen LogP contribution in [0.3, 0.4) is 0 Å². The first-order valence-electron chi connectivity index (χ1n) is 6.67. The average molecular weight is 296 g/mol. The van der Waals surface area contributed by atoms with Gasteiger partial charge >= 0.3 is 0 Å². The Morgan fingerprint density at radius 2 is 1.88 bits per heavy atom. The molecule has 0 amide bonds. The van der Waals surface area contributed by atoms with Gasteiger partial charge in [0, 0.05) is 16.4 Å². The number of hydrogen-bond donors (Lipinski definition) is 1. The van der Waals surface area contributed by atoms with Crippen LogP contribution in [0.2, 0.25) is 0 Å². The van der Waals surface area contributed by atoms with Gasteiger partial charge < -0.3 is 5.32 Å². The zero-order valence-electron chi connectivity index (χ0n) is 10.6. The van der Waals surface area contributed by atoms with Gasteiger partial charge in [0.2, 0.25) is 0 Å². The maximum Gasteiger partial charge on any atom is 0.0178 e. The number of benzene rings is 1. The molecule has 1 aliphatic rings. The molecule has 94 valence electrons. The maximum atomic E-state index is 3.60. The van der Waals surface area contributed by atoms with Crippen molar-refractivity contribution in [3.8, 4) is 0 Å². The second-order valence-electron chi connectivity index (χ2n) is 5.24. The van der Waals surface area contributed by atoms with E-state index in [9.17, 15) is 0 Å². The molecular weight excluding hydrogens is 274 g/mol. The minimum Gasteiger partial charge on any atom is -0.319 e. The van der Waals surface area contributed by atoms with Gasteiger partial charge in [-0.3, -0.25) is 0 Å². The van der Waals surface area contributed by atoms with Gasteiger partial charge in [0.1, 0.15) is 0 Å². The highest BCUT2D eigenvalue weighted by molar-refractivity contribution is 9.10. The van der Waals surface area contributed by atoms with E-state index in [1.165, 1.54) is 48.6 Å². The first-order chi connectivity index (χ1) is 8.27. The Balaban J connectivity index is 2.31. The van der Waals surface area contributed by atoms with Crippen LogP contribution in [-0.4, -0.2) is 13.6 Å². The molecule has 17 heavy (non-hydrogen) atoms. The van der Waals surface area contributed by atoms with Crippen molar-refractivity contribution < 1.29 is 0 Å². The van der Waals surface area contributed by atoms with E-state index in [2.05, 4.69) is 52.6 Å². The van der Waals surface area contributed by atoms with Crippen LogP contribution in [0.5, 0.6) is 0 Å². The summed E-state index contributed by atoms with van der Waals surface area (Å²) in [5.41, 5.74) is 1.86. The molecule has 2 rings (SSSR count). The predicted octanol–water partition coefficient (Wildman–Crippen LogP) is 4.26. The standard InChI is InChI=1S/C15H22BrN/c1-17-12-15(9-4-2-3-5-10-15)13-7-6-8-14(16)11-13/h6-8,11,17H,2-5,9-10,12H2,1H3. The van der Waals surface area contributed by atoms with Gasteiger partial charge in [-0.2, -0.15) is 0 Å². The van der Waals surface area contributed by atoms with E-state index >= 15 is 0 Å². The van der Waals surface area contributed by atoms with Gasteiger partial charge in [-0.25, -0.2) is 0 Å². The Hall–Kier alpha value is -0.340. The van der Waals surface area contributed by atoms with Crippen molar-refractivity contribution in [2.24, 2.45) is 0 Å². The second-order valence-corrected chi connectivity index (χ2v) is 6.15. The molecule has 0 heterocycles. The third kappa shape index (κ3) is 3.11. The summed E-state index contributed by atoms with van der Waals surface area (Å²) >= 11 is 3.60. The summed E-state index contributed by atoms with van der Waals surface area (Å²) in [6, 6.07) is 8.89. The van der Waals surface area contributed by atoms with Crippen molar-refractivity contribution in [2.75, 3.05) is 13.6 Å². The van der Waals surface area contributed by atoms with Crippen LogP contribution in [-0.2, 0) is 5.41 Å². The molecule has 0 saturated heterocycles. The molecule has 0 radical (unpaired) electrons.